The summed E-state index contributed by atoms with van der Waals surface area (Å²) >= 11 is 0. The first-order valence-electron chi connectivity index (χ1n) is 10.6. The molecule has 9 nitrogen and oxygen atoms in total. The summed E-state index contributed by atoms with van der Waals surface area (Å²) in [5.74, 6) is -0.0232. The quantitative estimate of drug-likeness (QED) is 0.433. The van der Waals surface area contributed by atoms with Gasteiger partial charge in [-0.05, 0) is 63.9 Å². The maximum Gasteiger partial charge on any atom is 0.261 e. The maximum atomic E-state index is 12.6. The molecule has 176 valence electrons. The summed E-state index contributed by atoms with van der Waals surface area (Å²) in [6.45, 7) is 5.95. The number of hydrogen-bond acceptors (Lipinski definition) is 7. The number of sulfone groups is 1. The third-order valence-corrected chi connectivity index (χ3v) is 8.19. The average molecular weight is 472 g/mol. The van der Waals surface area contributed by atoms with E-state index in [1.807, 2.05) is 0 Å². The Labute approximate surface area is 193 Å². The van der Waals surface area contributed by atoms with Gasteiger partial charge in [0.2, 0.25) is 0 Å². The van der Waals surface area contributed by atoms with Crippen molar-refractivity contribution in [1.82, 2.24) is 4.98 Å². The van der Waals surface area contributed by atoms with Crippen LogP contribution in [0.3, 0.4) is 0 Å². The van der Waals surface area contributed by atoms with Gasteiger partial charge in [-0.1, -0.05) is 0 Å². The number of rotatable bonds is 6. The molecule has 10 heteroatoms. The van der Waals surface area contributed by atoms with Crippen molar-refractivity contribution in [2.24, 2.45) is 10.7 Å². The van der Waals surface area contributed by atoms with Gasteiger partial charge in [0.05, 0.1) is 39.0 Å². The van der Waals surface area contributed by atoms with Crippen molar-refractivity contribution in [3.05, 3.63) is 52.4 Å². The van der Waals surface area contributed by atoms with Gasteiger partial charge in [0, 0.05) is 19.4 Å². The lowest BCUT2D eigenvalue weighted by molar-refractivity contribution is 0.0616. The molecule has 0 amide bonds. The Morgan fingerprint density at radius 1 is 1.24 bits per heavy atom. The number of benzene rings is 1. The zero-order valence-electron chi connectivity index (χ0n) is 19.0. The fraction of sp³-hybridized carbons (Fsp3) is 0.435. The Bertz CT molecular complexity index is 1230. The van der Waals surface area contributed by atoms with Crippen LogP contribution in [-0.2, 0) is 14.6 Å². The monoisotopic (exact) mass is 471 g/mol. The van der Waals surface area contributed by atoms with Crippen LogP contribution in [0.4, 0.5) is 11.4 Å². The summed E-state index contributed by atoms with van der Waals surface area (Å²) in [6, 6.07) is 9.95. The van der Waals surface area contributed by atoms with Crippen LogP contribution in [0.25, 0.3) is 0 Å². The summed E-state index contributed by atoms with van der Waals surface area (Å²) in [5.41, 5.74) is 6.32. The largest absolute Gasteiger partial charge is 0.383 e. The number of nitrogens with one attached hydrogen (secondary N) is 2. The zero-order valence-corrected chi connectivity index (χ0v) is 19.8. The smallest absolute Gasteiger partial charge is 0.261 e. The van der Waals surface area contributed by atoms with Crippen LogP contribution in [0, 0.1) is 11.3 Å². The van der Waals surface area contributed by atoms with Crippen LogP contribution in [0.5, 0.6) is 0 Å². The van der Waals surface area contributed by atoms with Crippen molar-refractivity contribution >= 4 is 27.0 Å². The minimum atomic E-state index is -3.50. The minimum absolute atomic E-state index is 0.0232. The first kappa shape index (κ1) is 24.5. The standard InChI is InChI=1S/C23H29N5O4S/c1-22(2,3)33(30,31)17-6-4-16(5-7-17)27-20(25)19-18(8-13-26-21(19)29)28-23(9-12-24)10-14-32-15-11-23/h4-8,13H,9-11,14-15H2,1-3H3,(H2,25,27)(H2,26,28,29). The van der Waals surface area contributed by atoms with Crippen LogP contribution < -0.4 is 16.6 Å². The average Bonchev–Trinajstić information content (AvgIpc) is 2.74. The van der Waals surface area contributed by atoms with Gasteiger partial charge in [-0.25, -0.2) is 13.4 Å². The van der Waals surface area contributed by atoms with E-state index in [0.717, 1.165) is 0 Å². The predicted molar refractivity (Wildman–Crippen MR) is 127 cm³/mol. The number of pyridine rings is 1. The Hall–Kier alpha value is -3.16. The van der Waals surface area contributed by atoms with E-state index in [4.69, 9.17) is 10.5 Å². The number of aromatic amines is 1. The highest BCUT2D eigenvalue weighted by molar-refractivity contribution is 7.92. The molecule has 1 aromatic carbocycles. The molecule has 0 atom stereocenters. The van der Waals surface area contributed by atoms with Gasteiger partial charge in [0.1, 0.15) is 11.4 Å². The Balaban J connectivity index is 1.95. The fourth-order valence-corrected chi connectivity index (χ4v) is 4.83. The third-order valence-electron chi connectivity index (χ3n) is 5.69. The fourth-order valence-electron chi connectivity index (χ4n) is 3.63. The number of ether oxygens (including phenoxy) is 1. The Kier molecular flexibility index (Phi) is 6.95. The summed E-state index contributed by atoms with van der Waals surface area (Å²) < 4.78 is 29.8. The van der Waals surface area contributed by atoms with Crippen LogP contribution >= 0.6 is 0 Å². The summed E-state index contributed by atoms with van der Waals surface area (Å²) in [4.78, 5) is 19.8. The molecule has 0 spiro atoms. The van der Waals surface area contributed by atoms with Crippen molar-refractivity contribution < 1.29 is 13.2 Å². The van der Waals surface area contributed by atoms with E-state index in [0.29, 0.717) is 37.4 Å². The molecular formula is C23H29N5O4S. The number of nitrogens with zero attached hydrogens (tertiary/aromatic N) is 2. The highest BCUT2D eigenvalue weighted by atomic mass is 32.2. The topological polar surface area (TPSA) is 150 Å². The van der Waals surface area contributed by atoms with Crippen LogP contribution in [0.1, 0.15) is 45.6 Å². The lowest BCUT2D eigenvalue weighted by Gasteiger charge is -2.37. The molecule has 1 aliphatic heterocycles. The van der Waals surface area contributed by atoms with Crippen molar-refractivity contribution in [1.29, 1.82) is 5.26 Å². The Morgan fingerprint density at radius 2 is 1.88 bits per heavy atom. The molecule has 2 aromatic rings. The molecule has 1 aliphatic rings. The highest BCUT2D eigenvalue weighted by Gasteiger charge is 2.34. The van der Waals surface area contributed by atoms with Gasteiger partial charge in [-0.3, -0.25) is 4.79 Å². The third kappa shape index (κ3) is 5.26. The van der Waals surface area contributed by atoms with Crippen molar-refractivity contribution in [2.45, 2.75) is 55.2 Å². The van der Waals surface area contributed by atoms with Gasteiger partial charge in [-0.15, -0.1) is 0 Å². The SMILES string of the molecule is CC(C)(C)S(=O)(=O)c1ccc(N=C(N)c2c(NC3(CC#N)CCOCC3)cc[nH]c2=O)cc1. The molecular weight excluding hydrogens is 442 g/mol. The molecule has 0 radical (unpaired) electrons. The lowest BCUT2D eigenvalue weighted by Crippen LogP contribution is -2.44. The number of nitrogens with two attached hydrogens (primary N) is 1. The van der Waals surface area contributed by atoms with Crippen LogP contribution in [0.2, 0.25) is 0 Å². The molecule has 0 bridgehead atoms. The molecule has 2 heterocycles. The molecule has 0 unspecified atom stereocenters. The van der Waals surface area contributed by atoms with Gasteiger partial charge in [0.25, 0.3) is 5.56 Å². The number of aromatic nitrogens is 1. The van der Waals surface area contributed by atoms with E-state index in [1.165, 1.54) is 18.3 Å². The van der Waals surface area contributed by atoms with E-state index in [-0.39, 0.29) is 22.7 Å². The normalized spacial score (nSPS) is 16.7. The van der Waals surface area contributed by atoms with Crippen molar-refractivity contribution in [2.75, 3.05) is 18.5 Å². The first-order chi connectivity index (χ1) is 15.5. The molecule has 3 rings (SSSR count). The van der Waals surface area contributed by atoms with Gasteiger partial charge in [0.15, 0.2) is 9.84 Å². The first-order valence-corrected chi connectivity index (χ1v) is 12.1. The molecule has 0 saturated carbocycles. The molecule has 1 saturated heterocycles. The molecule has 0 aliphatic carbocycles. The van der Waals surface area contributed by atoms with Crippen molar-refractivity contribution in [3.8, 4) is 6.07 Å². The number of hydrogen-bond donors (Lipinski definition) is 3. The van der Waals surface area contributed by atoms with E-state index in [1.54, 1.807) is 39.0 Å². The Morgan fingerprint density at radius 3 is 2.45 bits per heavy atom. The van der Waals surface area contributed by atoms with E-state index in [2.05, 4.69) is 21.4 Å². The van der Waals surface area contributed by atoms with E-state index >= 15 is 0 Å². The summed E-state index contributed by atoms with van der Waals surface area (Å²) in [6.07, 6.45) is 3.00. The number of anilines is 1. The number of H-pyrrole nitrogens is 1. The molecule has 4 N–H and O–H groups in total. The van der Waals surface area contributed by atoms with Gasteiger partial charge >= 0.3 is 0 Å². The lowest BCUT2D eigenvalue weighted by atomic mass is 9.86. The number of amidine groups is 1. The second-order valence-corrected chi connectivity index (χ2v) is 11.8. The van der Waals surface area contributed by atoms with E-state index < -0.39 is 25.7 Å². The van der Waals surface area contributed by atoms with Crippen LogP contribution in [-0.4, -0.2) is 42.7 Å². The zero-order chi connectivity index (χ0) is 24.3. The molecule has 1 aromatic heterocycles. The highest BCUT2D eigenvalue weighted by Crippen LogP contribution is 2.30. The molecule has 33 heavy (non-hydrogen) atoms. The second-order valence-electron chi connectivity index (χ2n) is 9.05. The number of nitriles is 1. The van der Waals surface area contributed by atoms with Crippen LogP contribution in [0.15, 0.2) is 51.2 Å². The van der Waals surface area contributed by atoms with Crippen molar-refractivity contribution in [3.63, 3.8) is 0 Å². The predicted octanol–water partition coefficient (Wildman–Crippen LogP) is 2.86. The second kappa shape index (κ2) is 9.37. The van der Waals surface area contributed by atoms with Gasteiger partial charge < -0.3 is 20.8 Å². The minimum Gasteiger partial charge on any atom is -0.383 e. The summed E-state index contributed by atoms with van der Waals surface area (Å²) in [7, 11) is -3.50. The summed E-state index contributed by atoms with van der Waals surface area (Å²) in [5, 5.41) is 12.7. The number of aliphatic imine (C=N–C) groups is 1. The van der Waals surface area contributed by atoms with Gasteiger partial charge in [-0.2, -0.15) is 5.26 Å². The molecule has 1 fully saturated rings. The van der Waals surface area contributed by atoms with E-state index in [9.17, 15) is 18.5 Å². The maximum absolute atomic E-state index is 12.6.